The maximum Gasteiger partial charge on any atom is 0.160 e. The van der Waals surface area contributed by atoms with Gasteiger partial charge in [0.1, 0.15) is 0 Å². The van der Waals surface area contributed by atoms with Crippen molar-refractivity contribution in [2.75, 3.05) is 0 Å². The summed E-state index contributed by atoms with van der Waals surface area (Å²) in [4.78, 5) is 15.1. The zero-order valence-corrected chi connectivity index (χ0v) is 26.2. The molecule has 0 spiro atoms. The van der Waals surface area contributed by atoms with Crippen molar-refractivity contribution in [1.29, 1.82) is 0 Å². The van der Waals surface area contributed by atoms with Gasteiger partial charge >= 0.3 is 0 Å². The van der Waals surface area contributed by atoms with Crippen molar-refractivity contribution in [3.05, 3.63) is 164 Å². The Morgan fingerprint density at radius 1 is 0.426 bits per heavy atom. The van der Waals surface area contributed by atoms with Crippen LogP contribution in [-0.2, 0) is 0 Å². The van der Waals surface area contributed by atoms with Crippen LogP contribution in [0.2, 0.25) is 0 Å². The summed E-state index contributed by atoms with van der Waals surface area (Å²) in [7, 11) is 0. The van der Waals surface area contributed by atoms with Crippen LogP contribution in [-0.4, -0.2) is 15.0 Å². The van der Waals surface area contributed by atoms with Gasteiger partial charge in [-0.1, -0.05) is 121 Å². The van der Waals surface area contributed by atoms with Crippen LogP contribution in [0.25, 0.3) is 87.2 Å². The Balaban J connectivity index is 1.33. The Labute approximate surface area is 276 Å². The first-order valence-corrected chi connectivity index (χ1v) is 16.5. The van der Waals surface area contributed by atoms with Crippen molar-refractivity contribution in [1.82, 2.24) is 15.0 Å². The molecule has 0 aliphatic heterocycles. The highest BCUT2D eigenvalue weighted by Gasteiger charge is 2.17. The minimum Gasteiger partial charge on any atom is -0.255 e. The quantitative estimate of drug-likeness (QED) is 0.193. The maximum atomic E-state index is 5.21. The number of pyridine rings is 1. The van der Waals surface area contributed by atoms with E-state index in [9.17, 15) is 0 Å². The largest absolute Gasteiger partial charge is 0.255 e. The van der Waals surface area contributed by atoms with Gasteiger partial charge in [0.15, 0.2) is 5.82 Å². The van der Waals surface area contributed by atoms with Crippen molar-refractivity contribution in [3.8, 4) is 56.2 Å². The molecule has 220 valence electrons. The summed E-state index contributed by atoms with van der Waals surface area (Å²) in [5.74, 6) is 0.704. The minimum atomic E-state index is 0.704. The minimum absolute atomic E-state index is 0.704. The van der Waals surface area contributed by atoms with Crippen LogP contribution in [0.15, 0.2) is 164 Å². The predicted octanol–water partition coefficient (Wildman–Crippen LogP) is 11.7. The van der Waals surface area contributed by atoms with Crippen LogP contribution in [0.4, 0.5) is 0 Å². The van der Waals surface area contributed by atoms with Gasteiger partial charge < -0.3 is 0 Å². The molecular weight excluding hydrogens is 591 g/mol. The van der Waals surface area contributed by atoms with E-state index in [0.717, 1.165) is 44.7 Å². The van der Waals surface area contributed by atoms with Crippen molar-refractivity contribution in [2.45, 2.75) is 0 Å². The summed E-state index contributed by atoms with van der Waals surface area (Å²) in [6.45, 7) is 0. The van der Waals surface area contributed by atoms with E-state index in [-0.39, 0.29) is 0 Å². The maximum absolute atomic E-state index is 5.21. The molecule has 0 saturated heterocycles. The molecule has 0 fully saturated rings. The average Bonchev–Trinajstić information content (AvgIpc) is 3.54. The number of hydrogen-bond acceptors (Lipinski definition) is 4. The summed E-state index contributed by atoms with van der Waals surface area (Å²) in [6.07, 6.45) is 1.94. The fraction of sp³-hybridized carbons (Fsp3) is 0. The third-order valence-electron chi connectivity index (χ3n) is 8.73. The molecule has 0 atom stereocenters. The highest BCUT2D eigenvalue weighted by Crippen LogP contribution is 2.42. The van der Waals surface area contributed by atoms with Gasteiger partial charge in [0.25, 0.3) is 0 Å². The summed E-state index contributed by atoms with van der Waals surface area (Å²) in [6, 6.07) is 55.4. The topological polar surface area (TPSA) is 38.7 Å². The van der Waals surface area contributed by atoms with Crippen LogP contribution >= 0.6 is 11.3 Å². The van der Waals surface area contributed by atoms with E-state index in [4.69, 9.17) is 15.0 Å². The van der Waals surface area contributed by atoms with E-state index < -0.39 is 0 Å². The van der Waals surface area contributed by atoms with Gasteiger partial charge in [-0.3, -0.25) is 4.98 Å². The van der Waals surface area contributed by atoms with Gasteiger partial charge in [-0.2, -0.15) is 0 Å². The van der Waals surface area contributed by atoms with Crippen LogP contribution in [0, 0.1) is 0 Å². The van der Waals surface area contributed by atoms with Crippen LogP contribution < -0.4 is 0 Å². The van der Waals surface area contributed by atoms with Gasteiger partial charge in [-0.25, -0.2) is 9.97 Å². The lowest BCUT2D eigenvalue weighted by atomic mass is 9.92. The Hall–Kier alpha value is -5.97. The lowest BCUT2D eigenvalue weighted by molar-refractivity contribution is 1.18. The molecule has 47 heavy (non-hydrogen) atoms. The predicted molar refractivity (Wildman–Crippen MR) is 197 cm³/mol. The van der Waals surface area contributed by atoms with Crippen molar-refractivity contribution in [3.63, 3.8) is 0 Å². The molecule has 0 N–H and O–H groups in total. The standard InChI is InChI=1S/C43H27N3S/c1-3-13-29(14-4-1)38-27-39(46-43(45-38)30-15-5-2-6-16-30)33-25-31(35-20-11-17-28-12-7-8-18-34(28)35)24-32(26-33)36-22-23-44-41-37-19-9-10-21-40(37)47-42(36)41/h1-27H. The summed E-state index contributed by atoms with van der Waals surface area (Å²) < 4.78 is 2.43. The number of benzene rings is 6. The van der Waals surface area contributed by atoms with Gasteiger partial charge in [0.05, 0.1) is 21.6 Å². The molecule has 9 rings (SSSR count). The lowest BCUT2D eigenvalue weighted by Crippen LogP contribution is -1.96. The summed E-state index contributed by atoms with van der Waals surface area (Å²) in [5.41, 5.74) is 10.5. The first kappa shape index (κ1) is 27.3. The van der Waals surface area contributed by atoms with Crippen molar-refractivity contribution < 1.29 is 0 Å². The first-order chi connectivity index (χ1) is 23.3. The lowest BCUT2D eigenvalue weighted by Gasteiger charge is -2.14. The average molecular weight is 618 g/mol. The SMILES string of the molecule is c1ccc(-c2cc(-c3cc(-c4cccc5ccccc45)cc(-c4ccnc5c4sc4ccccc45)c3)nc(-c3ccccc3)n2)cc1. The fourth-order valence-corrected chi connectivity index (χ4v) is 7.66. The Kier molecular flexibility index (Phi) is 6.65. The second kappa shape index (κ2) is 11.4. The Morgan fingerprint density at radius 2 is 1.04 bits per heavy atom. The number of aromatic nitrogens is 3. The number of hydrogen-bond donors (Lipinski definition) is 0. The van der Waals surface area contributed by atoms with Crippen molar-refractivity contribution >= 4 is 42.4 Å². The Morgan fingerprint density at radius 3 is 1.85 bits per heavy atom. The third kappa shape index (κ3) is 4.96. The second-order valence-electron chi connectivity index (χ2n) is 11.7. The molecule has 9 aromatic rings. The first-order valence-electron chi connectivity index (χ1n) is 15.7. The van der Waals surface area contributed by atoms with E-state index in [1.54, 1.807) is 11.3 Å². The van der Waals surface area contributed by atoms with Gasteiger partial charge in [0.2, 0.25) is 0 Å². The van der Waals surface area contributed by atoms with E-state index in [1.807, 2.05) is 30.5 Å². The molecule has 0 aliphatic rings. The van der Waals surface area contributed by atoms with E-state index >= 15 is 0 Å². The van der Waals surface area contributed by atoms with Crippen molar-refractivity contribution in [2.24, 2.45) is 0 Å². The van der Waals surface area contributed by atoms with Crippen LogP contribution in [0.1, 0.15) is 0 Å². The zero-order valence-electron chi connectivity index (χ0n) is 25.3. The molecule has 0 saturated carbocycles. The summed E-state index contributed by atoms with van der Waals surface area (Å²) >= 11 is 1.80. The van der Waals surface area contributed by atoms with E-state index in [0.29, 0.717) is 5.82 Å². The highest BCUT2D eigenvalue weighted by molar-refractivity contribution is 7.26. The normalized spacial score (nSPS) is 11.4. The highest BCUT2D eigenvalue weighted by atomic mass is 32.1. The number of fused-ring (bicyclic) bond motifs is 4. The number of nitrogens with zero attached hydrogens (tertiary/aromatic N) is 3. The zero-order chi connectivity index (χ0) is 31.2. The molecule has 3 heterocycles. The molecule has 6 aromatic carbocycles. The number of rotatable bonds is 5. The van der Waals surface area contributed by atoms with Crippen LogP contribution in [0.5, 0.6) is 0 Å². The summed E-state index contributed by atoms with van der Waals surface area (Å²) in [5, 5.41) is 3.63. The fourth-order valence-electron chi connectivity index (χ4n) is 6.46. The van der Waals surface area contributed by atoms with Gasteiger partial charge in [-0.05, 0) is 63.9 Å². The number of thiophene rings is 1. The second-order valence-corrected chi connectivity index (χ2v) is 12.7. The molecular formula is C43H27N3S. The smallest absolute Gasteiger partial charge is 0.160 e. The Bertz CT molecular complexity index is 2510. The molecule has 0 amide bonds. The molecule has 0 bridgehead atoms. The van der Waals surface area contributed by atoms with Gasteiger partial charge in [0, 0.05) is 38.5 Å². The van der Waals surface area contributed by atoms with Crippen LogP contribution in [0.3, 0.4) is 0 Å². The monoisotopic (exact) mass is 617 g/mol. The third-order valence-corrected chi connectivity index (χ3v) is 9.92. The van der Waals surface area contributed by atoms with E-state index in [1.165, 1.54) is 36.7 Å². The molecule has 3 aromatic heterocycles. The molecule has 3 nitrogen and oxygen atoms in total. The molecule has 4 heteroatoms. The molecule has 0 radical (unpaired) electrons. The molecule has 0 unspecified atom stereocenters. The van der Waals surface area contributed by atoms with E-state index in [2.05, 4.69) is 133 Å². The molecule has 0 aliphatic carbocycles. The van der Waals surface area contributed by atoms with Gasteiger partial charge in [-0.15, -0.1) is 11.3 Å².